The van der Waals surface area contributed by atoms with Crippen LogP contribution in [0.5, 0.6) is 0 Å². The van der Waals surface area contributed by atoms with Crippen molar-refractivity contribution in [2.24, 2.45) is 34.5 Å². The fourth-order valence-corrected chi connectivity index (χ4v) is 7.01. The third-order valence-corrected chi connectivity index (χ3v) is 8.35. The van der Waals surface area contributed by atoms with E-state index < -0.39 is 0 Å². The molecule has 4 aliphatic rings. The van der Waals surface area contributed by atoms with Crippen molar-refractivity contribution in [3.63, 3.8) is 0 Å². The Bertz CT molecular complexity index is 458. The van der Waals surface area contributed by atoms with Crippen LogP contribution in [-0.4, -0.2) is 17.0 Å². The van der Waals surface area contributed by atoms with E-state index in [1.807, 2.05) is 0 Å². The maximum atomic E-state index is 12.4. The van der Waals surface area contributed by atoms with Crippen molar-refractivity contribution in [1.29, 1.82) is 0 Å². The van der Waals surface area contributed by atoms with Crippen LogP contribution in [0.4, 0.5) is 0 Å². The van der Waals surface area contributed by atoms with Crippen molar-refractivity contribution in [2.45, 2.75) is 77.7 Å². The van der Waals surface area contributed by atoms with Gasteiger partial charge in [-0.05, 0) is 80.5 Å². The van der Waals surface area contributed by atoms with Crippen molar-refractivity contribution >= 4 is 5.78 Å². The lowest BCUT2D eigenvalue weighted by Gasteiger charge is -2.60. The third-order valence-electron chi connectivity index (χ3n) is 8.35. The molecule has 2 heteroatoms. The minimum atomic E-state index is -0.0541. The van der Waals surface area contributed by atoms with Gasteiger partial charge in [-0.2, -0.15) is 0 Å². The van der Waals surface area contributed by atoms with Gasteiger partial charge in [-0.15, -0.1) is 0 Å². The van der Waals surface area contributed by atoms with Gasteiger partial charge in [0, 0.05) is 11.8 Å². The Labute approximate surface area is 128 Å². The van der Waals surface area contributed by atoms with Crippen LogP contribution in [0.15, 0.2) is 0 Å². The first kappa shape index (κ1) is 14.2. The molecule has 4 fully saturated rings. The highest BCUT2D eigenvalue weighted by molar-refractivity contribution is 5.87. The molecule has 0 amide bonds. The molecule has 0 aromatic heterocycles. The van der Waals surface area contributed by atoms with Crippen molar-refractivity contribution in [1.82, 2.24) is 0 Å². The van der Waals surface area contributed by atoms with Gasteiger partial charge in [0.15, 0.2) is 0 Å². The highest BCUT2D eigenvalue weighted by Crippen LogP contribution is 2.65. The molecule has 0 heterocycles. The predicted molar refractivity (Wildman–Crippen MR) is 82.7 cm³/mol. The van der Waals surface area contributed by atoms with Gasteiger partial charge in [-0.25, -0.2) is 0 Å². The normalized spacial score (nSPS) is 56.5. The summed E-state index contributed by atoms with van der Waals surface area (Å²) < 4.78 is 0. The SMILES string of the molecule is C[C@]12CCC3C(CC[C@H]4CC(O)CC[C@]34C)C1CCC2=O. The van der Waals surface area contributed by atoms with Gasteiger partial charge in [-0.1, -0.05) is 13.8 Å². The first-order valence-electron chi connectivity index (χ1n) is 9.16. The number of carbonyl (C=O) groups excluding carboxylic acids is 1. The Morgan fingerprint density at radius 2 is 1.81 bits per heavy atom. The number of rotatable bonds is 0. The summed E-state index contributed by atoms with van der Waals surface area (Å²) in [6.07, 6.45) is 10.1. The van der Waals surface area contributed by atoms with Crippen LogP contribution in [0.2, 0.25) is 0 Å². The summed E-state index contributed by atoms with van der Waals surface area (Å²) in [5.41, 5.74) is 0.452. The summed E-state index contributed by atoms with van der Waals surface area (Å²) in [5.74, 6) is 3.54. The van der Waals surface area contributed by atoms with Crippen molar-refractivity contribution in [3.8, 4) is 0 Å². The summed E-state index contributed by atoms with van der Waals surface area (Å²) in [6.45, 7) is 4.78. The predicted octanol–water partition coefficient (Wildman–Crippen LogP) is 3.96. The smallest absolute Gasteiger partial charge is 0.139 e. The second kappa shape index (κ2) is 4.57. The molecule has 2 nitrogen and oxygen atoms in total. The lowest BCUT2D eigenvalue weighted by atomic mass is 9.45. The monoisotopic (exact) mass is 290 g/mol. The quantitative estimate of drug-likeness (QED) is 0.733. The lowest BCUT2D eigenvalue weighted by molar-refractivity contribution is -0.142. The van der Waals surface area contributed by atoms with Crippen molar-refractivity contribution < 1.29 is 9.90 Å². The van der Waals surface area contributed by atoms with E-state index in [0.29, 0.717) is 17.1 Å². The van der Waals surface area contributed by atoms with Gasteiger partial charge in [-0.3, -0.25) is 4.79 Å². The number of aliphatic hydroxyl groups is 1. The number of ketones is 1. The molecule has 21 heavy (non-hydrogen) atoms. The summed E-state index contributed by atoms with van der Waals surface area (Å²) in [4.78, 5) is 12.4. The van der Waals surface area contributed by atoms with Crippen molar-refractivity contribution in [2.75, 3.05) is 0 Å². The summed E-state index contributed by atoms with van der Waals surface area (Å²) in [6, 6.07) is 0. The number of Topliss-reactive ketones (excluding diaryl/α,β-unsaturated/α-hetero) is 1. The molecule has 4 rings (SSSR count). The summed E-state index contributed by atoms with van der Waals surface area (Å²) in [5, 5.41) is 10.0. The van der Waals surface area contributed by atoms with Crippen LogP contribution in [0.25, 0.3) is 0 Å². The van der Waals surface area contributed by atoms with Gasteiger partial charge in [0.1, 0.15) is 5.78 Å². The molecule has 0 aromatic carbocycles. The van der Waals surface area contributed by atoms with Crippen LogP contribution in [0, 0.1) is 34.5 Å². The van der Waals surface area contributed by atoms with Gasteiger partial charge < -0.3 is 5.11 Å². The number of carbonyl (C=O) groups is 1. The Balaban J connectivity index is 1.64. The lowest BCUT2D eigenvalue weighted by Crippen LogP contribution is -2.54. The molecule has 7 atom stereocenters. The largest absolute Gasteiger partial charge is 0.393 e. The van der Waals surface area contributed by atoms with E-state index in [2.05, 4.69) is 13.8 Å². The molecule has 118 valence electrons. The molecule has 4 unspecified atom stereocenters. The Hall–Kier alpha value is -0.370. The minimum Gasteiger partial charge on any atom is -0.393 e. The minimum absolute atomic E-state index is 0.0124. The second-order valence-electron chi connectivity index (χ2n) is 9.00. The zero-order valence-electron chi connectivity index (χ0n) is 13.6. The fourth-order valence-electron chi connectivity index (χ4n) is 7.01. The van der Waals surface area contributed by atoms with E-state index >= 15 is 0 Å². The highest BCUT2D eigenvalue weighted by atomic mass is 16.3. The highest BCUT2D eigenvalue weighted by Gasteiger charge is 2.60. The molecule has 0 radical (unpaired) electrons. The number of aliphatic hydroxyl groups excluding tert-OH is 1. The second-order valence-corrected chi connectivity index (χ2v) is 9.00. The number of hydrogen-bond donors (Lipinski definition) is 1. The Morgan fingerprint density at radius 1 is 1.00 bits per heavy atom. The molecule has 0 spiro atoms. The van der Waals surface area contributed by atoms with E-state index in [1.165, 1.54) is 25.7 Å². The fraction of sp³-hybridized carbons (Fsp3) is 0.947. The molecule has 4 aliphatic carbocycles. The average Bonchev–Trinajstić information content (AvgIpc) is 2.76. The van der Waals surface area contributed by atoms with E-state index in [9.17, 15) is 9.90 Å². The molecule has 1 N–H and O–H groups in total. The zero-order chi connectivity index (χ0) is 14.8. The maximum Gasteiger partial charge on any atom is 0.139 e. The topological polar surface area (TPSA) is 37.3 Å². The molecule has 0 aliphatic heterocycles. The van der Waals surface area contributed by atoms with Crippen LogP contribution in [0.1, 0.15) is 71.6 Å². The van der Waals surface area contributed by atoms with E-state index in [4.69, 9.17) is 0 Å². The molecule has 0 aromatic rings. The van der Waals surface area contributed by atoms with E-state index in [0.717, 1.165) is 49.9 Å². The van der Waals surface area contributed by atoms with Crippen LogP contribution in [-0.2, 0) is 4.79 Å². The van der Waals surface area contributed by atoms with Crippen LogP contribution in [0.3, 0.4) is 0 Å². The third kappa shape index (κ3) is 1.84. The van der Waals surface area contributed by atoms with Gasteiger partial charge in [0.25, 0.3) is 0 Å². The summed E-state index contributed by atoms with van der Waals surface area (Å²) in [7, 11) is 0. The van der Waals surface area contributed by atoms with Crippen LogP contribution >= 0.6 is 0 Å². The zero-order valence-corrected chi connectivity index (χ0v) is 13.6. The first-order chi connectivity index (χ1) is 9.95. The summed E-state index contributed by atoms with van der Waals surface area (Å²) >= 11 is 0. The average molecular weight is 290 g/mol. The molecular formula is C19H30O2. The Morgan fingerprint density at radius 3 is 2.62 bits per heavy atom. The van der Waals surface area contributed by atoms with E-state index in [1.54, 1.807) is 0 Å². The van der Waals surface area contributed by atoms with Crippen molar-refractivity contribution in [3.05, 3.63) is 0 Å². The standard InChI is InChI=1S/C19H30O2/c1-18-9-7-13(20)11-12(18)3-4-14-15-5-6-17(21)19(15,2)10-8-16(14)18/h12-16,20H,3-11H2,1-2H3/t12-,13?,14?,15?,16?,18-,19-/m0/s1. The molecule has 4 saturated carbocycles. The van der Waals surface area contributed by atoms with Gasteiger partial charge in [0.05, 0.1) is 6.10 Å². The molecule has 0 bridgehead atoms. The molecule has 0 saturated heterocycles. The van der Waals surface area contributed by atoms with E-state index in [-0.39, 0.29) is 11.5 Å². The number of fused-ring (bicyclic) bond motifs is 5. The first-order valence-corrected chi connectivity index (χ1v) is 9.16. The maximum absolute atomic E-state index is 12.4. The van der Waals surface area contributed by atoms with Crippen LogP contribution < -0.4 is 0 Å². The Kier molecular flexibility index (Phi) is 3.10. The van der Waals surface area contributed by atoms with Gasteiger partial charge in [0.2, 0.25) is 0 Å². The van der Waals surface area contributed by atoms with Gasteiger partial charge >= 0.3 is 0 Å². The molecular weight excluding hydrogens is 260 g/mol. The number of hydrogen-bond acceptors (Lipinski definition) is 2.